The second-order valence-electron chi connectivity index (χ2n) is 7.88. The highest BCUT2D eigenvalue weighted by atomic mass is 35.5. The van der Waals surface area contributed by atoms with Crippen LogP contribution in [0.5, 0.6) is 0 Å². The maximum atomic E-state index is 10.9. The summed E-state index contributed by atoms with van der Waals surface area (Å²) in [6.07, 6.45) is 2.04. The molecule has 0 radical (unpaired) electrons. The minimum absolute atomic E-state index is 0.0105. The molecular formula is C21H22ClN5O3. The van der Waals surface area contributed by atoms with Gasteiger partial charge in [0.05, 0.1) is 17.8 Å². The molecule has 0 spiro atoms. The van der Waals surface area contributed by atoms with Crippen molar-refractivity contribution in [2.24, 2.45) is 0 Å². The van der Waals surface area contributed by atoms with Crippen molar-refractivity contribution in [1.82, 2.24) is 19.4 Å². The second kappa shape index (κ2) is 8.14. The molecule has 30 heavy (non-hydrogen) atoms. The van der Waals surface area contributed by atoms with Gasteiger partial charge in [-0.05, 0) is 40.1 Å². The van der Waals surface area contributed by atoms with Crippen LogP contribution in [0, 0.1) is 10.1 Å². The molecule has 1 aliphatic rings. The van der Waals surface area contributed by atoms with E-state index in [0.717, 1.165) is 35.5 Å². The maximum Gasteiger partial charge on any atom is 0.383 e. The van der Waals surface area contributed by atoms with E-state index in [9.17, 15) is 15.2 Å². The number of aromatic nitrogens is 3. The minimum atomic E-state index is -1.13. The average Bonchev–Trinajstić information content (AvgIpc) is 3.08. The van der Waals surface area contributed by atoms with Crippen LogP contribution in [0.1, 0.15) is 18.2 Å². The molecule has 0 saturated heterocycles. The van der Waals surface area contributed by atoms with Gasteiger partial charge in [0.15, 0.2) is 0 Å². The van der Waals surface area contributed by atoms with E-state index < -0.39 is 10.5 Å². The first-order valence-electron chi connectivity index (χ1n) is 9.67. The number of hydrogen-bond acceptors (Lipinski definition) is 6. The summed E-state index contributed by atoms with van der Waals surface area (Å²) in [5, 5.41) is 21.8. The van der Waals surface area contributed by atoms with Gasteiger partial charge in [-0.2, -0.15) is 0 Å². The fourth-order valence-electron chi connectivity index (χ4n) is 3.86. The van der Waals surface area contributed by atoms with Crippen molar-refractivity contribution >= 4 is 17.4 Å². The van der Waals surface area contributed by atoms with E-state index in [-0.39, 0.29) is 17.6 Å². The highest BCUT2D eigenvalue weighted by molar-refractivity contribution is 6.28. The fourth-order valence-corrected chi connectivity index (χ4v) is 4.05. The van der Waals surface area contributed by atoms with Crippen molar-refractivity contribution in [3.63, 3.8) is 0 Å². The Morgan fingerprint density at radius 2 is 1.97 bits per heavy atom. The minimum Gasteiger partial charge on any atom is -0.387 e. The Labute approximate surface area is 178 Å². The van der Waals surface area contributed by atoms with E-state index in [0.29, 0.717) is 13.1 Å². The Bertz CT molecular complexity index is 1070. The highest BCUT2D eigenvalue weighted by Gasteiger charge is 2.30. The first-order chi connectivity index (χ1) is 14.3. The van der Waals surface area contributed by atoms with Gasteiger partial charge < -0.3 is 15.2 Å². The Balaban J connectivity index is 1.44. The Morgan fingerprint density at radius 3 is 2.67 bits per heavy atom. The number of β-amino-alcohol motifs (C(OH)–C–C–N with tert-alkyl or cyclic N) is 1. The number of imidazole rings is 1. The molecule has 0 fully saturated rings. The third-order valence-electron chi connectivity index (χ3n) is 5.17. The monoisotopic (exact) mass is 427 g/mol. The van der Waals surface area contributed by atoms with Crippen molar-refractivity contribution in [2.75, 3.05) is 13.1 Å². The summed E-state index contributed by atoms with van der Waals surface area (Å²) in [6, 6.07) is 14.2. The van der Waals surface area contributed by atoms with E-state index in [1.54, 1.807) is 6.92 Å². The molecule has 0 amide bonds. The largest absolute Gasteiger partial charge is 0.387 e. The molecule has 8 nitrogen and oxygen atoms in total. The lowest BCUT2D eigenvalue weighted by molar-refractivity contribution is -0.389. The van der Waals surface area contributed by atoms with Crippen molar-refractivity contribution in [1.29, 1.82) is 0 Å². The van der Waals surface area contributed by atoms with Crippen molar-refractivity contribution in [3.8, 4) is 11.3 Å². The normalized spacial score (nSPS) is 16.1. The SMILES string of the molecule is CC(O)(CN1CCc2nc(-c3ccccc3)ccc2C1)Cn1cc([N+](=O)[O-])nc1Cl. The number of nitrogens with zero attached hydrogens (tertiary/aromatic N) is 5. The first-order valence-corrected chi connectivity index (χ1v) is 10.0. The third kappa shape index (κ3) is 4.51. The molecule has 1 atom stereocenters. The van der Waals surface area contributed by atoms with Crippen LogP contribution in [-0.2, 0) is 19.5 Å². The molecule has 3 aromatic rings. The molecule has 1 aromatic carbocycles. The molecule has 1 aliphatic heterocycles. The van der Waals surface area contributed by atoms with Crippen molar-refractivity contribution in [3.05, 3.63) is 75.3 Å². The molecule has 156 valence electrons. The standard InChI is InChI=1S/C21H22ClN5O3/c1-21(28,14-26-12-19(27(29)30)24-20(26)22)13-25-10-9-18-16(11-25)7-8-17(23-18)15-5-3-2-4-6-15/h2-8,12,28H,9-11,13-14H2,1H3. The van der Waals surface area contributed by atoms with E-state index in [1.807, 2.05) is 36.4 Å². The predicted octanol–water partition coefficient (Wildman–Crippen LogP) is 3.32. The zero-order valence-electron chi connectivity index (χ0n) is 16.5. The molecule has 3 heterocycles. The highest BCUT2D eigenvalue weighted by Crippen LogP contribution is 2.25. The van der Waals surface area contributed by atoms with Gasteiger partial charge >= 0.3 is 11.1 Å². The van der Waals surface area contributed by atoms with Crippen LogP contribution in [0.3, 0.4) is 0 Å². The second-order valence-corrected chi connectivity index (χ2v) is 8.22. The summed E-state index contributed by atoms with van der Waals surface area (Å²) >= 11 is 5.98. The van der Waals surface area contributed by atoms with Gasteiger partial charge in [-0.15, -0.1) is 0 Å². The topological polar surface area (TPSA) is 97.3 Å². The quantitative estimate of drug-likeness (QED) is 0.478. The lowest BCUT2D eigenvalue weighted by Crippen LogP contribution is -2.45. The molecule has 1 unspecified atom stereocenters. The average molecular weight is 428 g/mol. The van der Waals surface area contributed by atoms with E-state index >= 15 is 0 Å². The number of pyridine rings is 1. The number of fused-ring (bicyclic) bond motifs is 1. The van der Waals surface area contributed by atoms with Gasteiger partial charge in [0.2, 0.25) is 0 Å². The Morgan fingerprint density at radius 1 is 1.20 bits per heavy atom. The van der Waals surface area contributed by atoms with Gasteiger partial charge in [-0.1, -0.05) is 36.4 Å². The molecule has 0 saturated carbocycles. The van der Waals surface area contributed by atoms with Crippen LogP contribution in [0.25, 0.3) is 11.3 Å². The van der Waals surface area contributed by atoms with Crippen LogP contribution in [0.4, 0.5) is 5.82 Å². The summed E-state index contributed by atoms with van der Waals surface area (Å²) < 4.78 is 1.41. The van der Waals surface area contributed by atoms with Crippen LogP contribution >= 0.6 is 11.6 Å². The van der Waals surface area contributed by atoms with Gasteiger partial charge in [0.1, 0.15) is 6.20 Å². The Kier molecular flexibility index (Phi) is 5.55. The predicted molar refractivity (Wildman–Crippen MR) is 113 cm³/mol. The van der Waals surface area contributed by atoms with Gasteiger partial charge in [0.25, 0.3) is 0 Å². The van der Waals surface area contributed by atoms with Gasteiger partial charge in [0, 0.05) is 37.3 Å². The van der Waals surface area contributed by atoms with Gasteiger partial charge in [-0.25, -0.2) is 0 Å². The Hall–Kier alpha value is -2.81. The summed E-state index contributed by atoms with van der Waals surface area (Å²) in [4.78, 5) is 21.0. The number of rotatable bonds is 6. The lowest BCUT2D eigenvalue weighted by atomic mass is 10.0. The molecular weight excluding hydrogens is 406 g/mol. The molecule has 0 aliphatic carbocycles. The molecule has 9 heteroatoms. The van der Waals surface area contributed by atoms with Crippen LogP contribution in [0.15, 0.2) is 48.7 Å². The molecule has 0 bridgehead atoms. The van der Waals surface area contributed by atoms with Crippen LogP contribution in [-0.4, -0.2) is 48.2 Å². The summed E-state index contributed by atoms with van der Waals surface area (Å²) in [7, 11) is 0. The van der Waals surface area contributed by atoms with Crippen LogP contribution < -0.4 is 0 Å². The lowest BCUT2D eigenvalue weighted by Gasteiger charge is -2.34. The van der Waals surface area contributed by atoms with Crippen molar-refractivity contribution in [2.45, 2.75) is 32.0 Å². The number of nitro groups is 1. The van der Waals surface area contributed by atoms with Crippen LogP contribution in [0.2, 0.25) is 5.28 Å². The van der Waals surface area contributed by atoms with Gasteiger partial charge in [-0.3, -0.25) is 14.5 Å². The molecule has 1 N–H and O–H groups in total. The smallest absolute Gasteiger partial charge is 0.383 e. The third-order valence-corrected chi connectivity index (χ3v) is 5.48. The summed E-state index contributed by atoms with van der Waals surface area (Å²) in [6.45, 7) is 3.66. The number of benzene rings is 1. The zero-order chi connectivity index (χ0) is 21.3. The molecule has 2 aromatic heterocycles. The first kappa shape index (κ1) is 20.5. The number of halogens is 1. The summed E-state index contributed by atoms with van der Waals surface area (Å²) in [5.41, 5.74) is 3.16. The number of hydrogen-bond donors (Lipinski definition) is 1. The van der Waals surface area contributed by atoms with E-state index in [2.05, 4.69) is 16.0 Å². The van der Waals surface area contributed by atoms with E-state index in [4.69, 9.17) is 16.6 Å². The summed E-state index contributed by atoms with van der Waals surface area (Å²) in [5.74, 6) is -0.331. The molecule has 4 rings (SSSR count). The van der Waals surface area contributed by atoms with E-state index in [1.165, 1.54) is 10.8 Å². The zero-order valence-corrected chi connectivity index (χ0v) is 17.3. The fraction of sp³-hybridized carbons (Fsp3) is 0.333. The van der Waals surface area contributed by atoms with Crippen molar-refractivity contribution < 1.29 is 10.0 Å². The maximum absolute atomic E-state index is 10.9. The number of aliphatic hydroxyl groups is 1.